The molecule has 0 amide bonds. The second kappa shape index (κ2) is 8.14. The van der Waals surface area contributed by atoms with Crippen molar-refractivity contribution in [3.63, 3.8) is 0 Å². The van der Waals surface area contributed by atoms with Crippen molar-refractivity contribution in [1.82, 2.24) is 24.4 Å². The Bertz CT molecular complexity index is 1010. The van der Waals surface area contributed by atoms with Crippen molar-refractivity contribution in [3.8, 4) is 0 Å². The van der Waals surface area contributed by atoms with Gasteiger partial charge < -0.3 is 19.4 Å². The van der Waals surface area contributed by atoms with Gasteiger partial charge in [-0.3, -0.25) is 4.79 Å². The molecule has 7 heteroatoms. The van der Waals surface area contributed by atoms with E-state index < -0.39 is 0 Å². The van der Waals surface area contributed by atoms with Crippen molar-refractivity contribution >= 4 is 16.9 Å². The third kappa shape index (κ3) is 3.67. The number of imidazole rings is 1. The van der Waals surface area contributed by atoms with Crippen LogP contribution in [0.5, 0.6) is 0 Å². The van der Waals surface area contributed by atoms with E-state index in [2.05, 4.69) is 44.9 Å². The summed E-state index contributed by atoms with van der Waals surface area (Å²) >= 11 is 0. The fourth-order valence-electron chi connectivity index (χ4n) is 4.01. The van der Waals surface area contributed by atoms with Crippen LogP contribution in [0.1, 0.15) is 32.0 Å². The van der Waals surface area contributed by atoms with Crippen molar-refractivity contribution in [3.05, 3.63) is 52.8 Å². The molecule has 1 saturated heterocycles. The first-order valence-corrected chi connectivity index (χ1v) is 10.1. The van der Waals surface area contributed by atoms with Crippen molar-refractivity contribution < 1.29 is 0 Å². The number of hydrogen-bond donors (Lipinski definition) is 1. The monoisotopic (exact) mass is 380 g/mol. The molecule has 1 atom stereocenters. The second-order valence-electron chi connectivity index (χ2n) is 7.50. The zero-order chi connectivity index (χ0) is 19.5. The third-order valence-electron chi connectivity index (χ3n) is 5.45. The van der Waals surface area contributed by atoms with Gasteiger partial charge >= 0.3 is 0 Å². The number of rotatable bonds is 6. The molecule has 0 unspecified atom stereocenters. The standard InChI is InChI=1S/C21H28N6O/c1-3-11-27-18-9-5-4-8-17(18)24-19(27)14-23-16-7-6-12-26(15-16)20-21(28)25(2)13-10-22-20/h4-5,8-10,13,16,23H,3,6-7,11-12,14-15H2,1-2H3/t16-/m1/s1. The molecule has 0 radical (unpaired) electrons. The molecule has 0 saturated carbocycles. The van der Waals surface area contributed by atoms with Crippen LogP contribution in [0.25, 0.3) is 11.0 Å². The van der Waals surface area contributed by atoms with Gasteiger partial charge in [0.05, 0.1) is 17.6 Å². The molecule has 148 valence electrons. The number of para-hydroxylation sites is 2. The van der Waals surface area contributed by atoms with Crippen LogP contribution in [0, 0.1) is 0 Å². The predicted molar refractivity (Wildman–Crippen MR) is 112 cm³/mol. The molecule has 2 aromatic heterocycles. The van der Waals surface area contributed by atoms with Crippen LogP contribution in [0.2, 0.25) is 0 Å². The highest BCUT2D eigenvalue weighted by atomic mass is 16.1. The molecule has 1 fully saturated rings. The lowest BCUT2D eigenvalue weighted by molar-refractivity contribution is 0.411. The molecule has 0 aliphatic carbocycles. The zero-order valence-electron chi connectivity index (χ0n) is 16.6. The van der Waals surface area contributed by atoms with Gasteiger partial charge in [-0.15, -0.1) is 0 Å². The summed E-state index contributed by atoms with van der Waals surface area (Å²) in [5, 5.41) is 3.67. The Morgan fingerprint density at radius 3 is 3.00 bits per heavy atom. The summed E-state index contributed by atoms with van der Waals surface area (Å²) in [5.74, 6) is 1.63. The first-order chi connectivity index (χ1) is 13.7. The maximum absolute atomic E-state index is 12.4. The lowest BCUT2D eigenvalue weighted by Crippen LogP contribution is -2.47. The molecule has 3 heterocycles. The van der Waals surface area contributed by atoms with Gasteiger partial charge in [0.15, 0.2) is 5.82 Å². The molecule has 1 N–H and O–H groups in total. The van der Waals surface area contributed by atoms with Crippen LogP contribution < -0.4 is 15.8 Å². The van der Waals surface area contributed by atoms with Gasteiger partial charge in [-0.05, 0) is 31.4 Å². The lowest BCUT2D eigenvalue weighted by atomic mass is 10.1. The summed E-state index contributed by atoms with van der Waals surface area (Å²) < 4.78 is 3.91. The first kappa shape index (κ1) is 18.7. The SMILES string of the molecule is CCCn1c(CN[C@@H]2CCCN(c3nccn(C)c3=O)C2)nc2ccccc21. The number of aromatic nitrogens is 4. The van der Waals surface area contributed by atoms with Crippen LogP contribution in [-0.4, -0.2) is 38.2 Å². The van der Waals surface area contributed by atoms with Crippen LogP contribution >= 0.6 is 0 Å². The van der Waals surface area contributed by atoms with Gasteiger partial charge in [-0.2, -0.15) is 0 Å². The highest BCUT2D eigenvalue weighted by Crippen LogP contribution is 2.18. The number of piperidine rings is 1. The van der Waals surface area contributed by atoms with E-state index in [9.17, 15) is 4.79 Å². The molecular weight excluding hydrogens is 352 g/mol. The van der Waals surface area contributed by atoms with Crippen LogP contribution in [0.4, 0.5) is 5.82 Å². The van der Waals surface area contributed by atoms with Crippen molar-refractivity contribution in [2.24, 2.45) is 7.05 Å². The largest absolute Gasteiger partial charge is 0.350 e. The summed E-state index contributed by atoms with van der Waals surface area (Å²) in [4.78, 5) is 23.7. The molecule has 4 rings (SSSR count). The minimum Gasteiger partial charge on any atom is -0.350 e. The topological polar surface area (TPSA) is 68.0 Å². The van der Waals surface area contributed by atoms with Gasteiger partial charge in [0.2, 0.25) is 0 Å². The number of nitrogens with zero attached hydrogens (tertiary/aromatic N) is 5. The minimum absolute atomic E-state index is 0.0344. The third-order valence-corrected chi connectivity index (χ3v) is 5.45. The van der Waals surface area contributed by atoms with E-state index in [1.807, 2.05) is 6.07 Å². The van der Waals surface area contributed by atoms with Gasteiger partial charge in [-0.1, -0.05) is 19.1 Å². The average Bonchev–Trinajstić information content (AvgIpc) is 3.07. The molecule has 0 spiro atoms. The van der Waals surface area contributed by atoms with Gasteiger partial charge in [-0.25, -0.2) is 9.97 Å². The zero-order valence-corrected chi connectivity index (χ0v) is 16.6. The van der Waals surface area contributed by atoms with E-state index in [1.54, 1.807) is 24.0 Å². The summed E-state index contributed by atoms with van der Waals surface area (Å²) in [6.07, 6.45) is 6.61. The van der Waals surface area contributed by atoms with Crippen molar-refractivity contribution in [2.45, 2.75) is 45.3 Å². The molecule has 3 aromatic rings. The fourth-order valence-corrected chi connectivity index (χ4v) is 4.01. The van der Waals surface area contributed by atoms with E-state index in [0.717, 1.165) is 56.8 Å². The minimum atomic E-state index is -0.0344. The van der Waals surface area contributed by atoms with E-state index in [1.165, 1.54) is 5.52 Å². The first-order valence-electron chi connectivity index (χ1n) is 10.1. The smallest absolute Gasteiger partial charge is 0.293 e. The van der Waals surface area contributed by atoms with E-state index in [4.69, 9.17) is 4.98 Å². The van der Waals surface area contributed by atoms with E-state index in [0.29, 0.717) is 11.9 Å². The average molecular weight is 380 g/mol. The fraction of sp³-hybridized carbons (Fsp3) is 0.476. The Balaban J connectivity index is 1.48. The highest BCUT2D eigenvalue weighted by Gasteiger charge is 2.23. The predicted octanol–water partition coefficient (Wildman–Crippen LogP) is 2.30. The number of fused-ring (bicyclic) bond motifs is 1. The summed E-state index contributed by atoms with van der Waals surface area (Å²) in [6, 6.07) is 8.63. The number of aryl methyl sites for hydroxylation is 2. The Hall–Kier alpha value is -2.67. The van der Waals surface area contributed by atoms with Crippen LogP contribution in [-0.2, 0) is 20.1 Å². The Labute approximate surface area is 165 Å². The van der Waals surface area contributed by atoms with Gasteiger partial charge in [0, 0.05) is 45.1 Å². The summed E-state index contributed by atoms with van der Waals surface area (Å²) in [7, 11) is 1.77. The molecule has 28 heavy (non-hydrogen) atoms. The molecule has 0 bridgehead atoms. The number of hydrogen-bond acceptors (Lipinski definition) is 5. The summed E-state index contributed by atoms with van der Waals surface area (Å²) in [5.41, 5.74) is 2.21. The van der Waals surface area contributed by atoms with Crippen molar-refractivity contribution in [1.29, 1.82) is 0 Å². The maximum Gasteiger partial charge on any atom is 0.293 e. The van der Waals surface area contributed by atoms with Crippen molar-refractivity contribution in [2.75, 3.05) is 18.0 Å². The maximum atomic E-state index is 12.4. The van der Waals surface area contributed by atoms with Crippen LogP contribution in [0.3, 0.4) is 0 Å². The number of nitrogens with one attached hydrogen (secondary N) is 1. The second-order valence-corrected chi connectivity index (χ2v) is 7.50. The molecular formula is C21H28N6O. The molecule has 1 aliphatic heterocycles. The van der Waals surface area contributed by atoms with Crippen LogP contribution in [0.15, 0.2) is 41.5 Å². The Morgan fingerprint density at radius 2 is 2.14 bits per heavy atom. The Kier molecular flexibility index (Phi) is 5.43. The number of benzene rings is 1. The normalized spacial score (nSPS) is 17.4. The summed E-state index contributed by atoms with van der Waals surface area (Å²) in [6.45, 7) is 5.56. The van der Waals surface area contributed by atoms with Gasteiger partial charge in [0.1, 0.15) is 5.82 Å². The quantitative estimate of drug-likeness (QED) is 0.711. The highest BCUT2D eigenvalue weighted by molar-refractivity contribution is 5.75. The molecule has 1 aliphatic rings. The Morgan fingerprint density at radius 1 is 1.29 bits per heavy atom. The van der Waals surface area contributed by atoms with Gasteiger partial charge in [0.25, 0.3) is 5.56 Å². The molecule has 7 nitrogen and oxygen atoms in total. The molecule has 1 aromatic carbocycles. The lowest BCUT2D eigenvalue weighted by Gasteiger charge is -2.33. The number of anilines is 1. The van der Waals surface area contributed by atoms with E-state index in [-0.39, 0.29) is 5.56 Å². The van der Waals surface area contributed by atoms with E-state index >= 15 is 0 Å².